The normalized spacial score (nSPS) is 10.3. The summed E-state index contributed by atoms with van der Waals surface area (Å²) in [4.78, 5) is 37.4. The van der Waals surface area contributed by atoms with Gasteiger partial charge in [0.2, 0.25) is 5.91 Å². The summed E-state index contributed by atoms with van der Waals surface area (Å²) in [6.07, 6.45) is 3.20. The first-order valence-corrected chi connectivity index (χ1v) is 9.45. The van der Waals surface area contributed by atoms with Gasteiger partial charge in [0.05, 0.1) is 16.6 Å². The second-order valence-electron chi connectivity index (χ2n) is 6.89. The van der Waals surface area contributed by atoms with Crippen LogP contribution >= 0.6 is 0 Å². The topological polar surface area (TPSA) is 115 Å². The van der Waals surface area contributed by atoms with Gasteiger partial charge in [-0.25, -0.2) is 4.79 Å². The molecule has 0 saturated heterocycles. The summed E-state index contributed by atoms with van der Waals surface area (Å²) < 4.78 is 1.43. The Morgan fingerprint density at radius 2 is 1.68 bits per heavy atom. The molecule has 7 heteroatoms. The zero-order valence-electron chi connectivity index (χ0n) is 17.1. The highest BCUT2D eigenvalue weighted by molar-refractivity contribution is 6.08. The number of primary amides is 1. The number of para-hydroxylation sites is 1. The number of nitrogens with two attached hydrogens (primary N) is 1. The molecule has 2 aromatic heterocycles. The molecule has 0 fully saturated rings. The summed E-state index contributed by atoms with van der Waals surface area (Å²) in [6.45, 7) is 3.35. The van der Waals surface area contributed by atoms with E-state index < -0.39 is 11.9 Å². The van der Waals surface area contributed by atoms with Crippen molar-refractivity contribution >= 4 is 28.7 Å². The largest absolute Gasteiger partial charge is 0.478 e. The molecular weight excluding hydrogens is 394 g/mol. The summed E-state index contributed by atoms with van der Waals surface area (Å²) in [6, 6.07) is 17.9. The van der Waals surface area contributed by atoms with E-state index >= 15 is 0 Å². The van der Waals surface area contributed by atoms with E-state index in [1.807, 2.05) is 31.2 Å². The van der Waals surface area contributed by atoms with Gasteiger partial charge in [-0.2, -0.15) is 0 Å². The van der Waals surface area contributed by atoms with E-state index in [4.69, 9.17) is 10.8 Å². The second kappa shape index (κ2) is 9.04. The van der Waals surface area contributed by atoms with Crippen molar-refractivity contribution in [2.45, 2.75) is 13.8 Å². The average Bonchev–Trinajstić information content (AvgIpc) is 3.15. The van der Waals surface area contributed by atoms with Crippen molar-refractivity contribution in [2.75, 3.05) is 0 Å². The number of amides is 1. The van der Waals surface area contributed by atoms with E-state index in [1.165, 1.54) is 17.7 Å². The van der Waals surface area contributed by atoms with Gasteiger partial charge in [0.15, 0.2) is 0 Å². The van der Waals surface area contributed by atoms with Crippen LogP contribution in [0.15, 0.2) is 73.1 Å². The van der Waals surface area contributed by atoms with Crippen molar-refractivity contribution in [2.24, 2.45) is 5.73 Å². The number of hydrogen-bond acceptors (Lipinski definition) is 4. The average molecular weight is 415 g/mol. The van der Waals surface area contributed by atoms with Crippen molar-refractivity contribution in [3.63, 3.8) is 0 Å². The number of carbonyl (C=O) groups is 3. The third-order valence-electron chi connectivity index (χ3n) is 4.66. The van der Waals surface area contributed by atoms with Crippen LogP contribution in [0.4, 0.5) is 0 Å². The van der Waals surface area contributed by atoms with Gasteiger partial charge in [0, 0.05) is 30.4 Å². The Morgan fingerprint density at radius 3 is 2.32 bits per heavy atom. The number of carboxylic acids is 1. The van der Waals surface area contributed by atoms with Crippen molar-refractivity contribution in [3.05, 3.63) is 89.9 Å². The Balaban J connectivity index is 0.000000176. The van der Waals surface area contributed by atoms with Crippen LogP contribution < -0.4 is 5.73 Å². The minimum absolute atomic E-state index is 0.140. The van der Waals surface area contributed by atoms with E-state index in [1.54, 1.807) is 42.6 Å². The molecule has 0 spiro atoms. The van der Waals surface area contributed by atoms with Gasteiger partial charge in [-0.1, -0.05) is 30.3 Å². The summed E-state index contributed by atoms with van der Waals surface area (Å²) in [5.41, 5.74) is 9.40. The Bertz CT molecular complexity index is 1240. The van der Waals surface area contributed by atoms with Crippen LogP contribution in [0, 0.1) is 6.92 Å². The SMILES string of the molecule is CC(=O)n1cc(C(N)=O)c2ccccc21.Cc1cc(-c2cccc(C(=O)O)c2)ccn1. The lowest BCUT2D eigenvalue weighted by molar-refractivity contribution is 0.0696. The number of hydrogen-bond donors (Lipinski definition) is 2. The van der Waals surface area contributed by atoms with Crippen LogP contribution in [0.1, 0.15) is 38.1 Å². The summed E-state index contributed by atoms with van der Waals surface area (Å²) >= 11 is 0. The van der Waals surface area contributed by atoms with E-state index in [2.05, 4.69) is 4.98 Å². The van der Waals surface area contributed by atoms with Crippen molar-refractivity contribution < 1.29 is 19.5 Å². The molecule has 0 aliphatic heterocycles. The number of aryl methyl sites for hydroxylation is 1. The molecule has 0 unspecified atom stereocenters. The number of carbonyl (C=O) groups excluding carboxylic acids is 2. The molecule has 2 aromatic carbocycles. The molecule has 0 bridgehead atoms. The first-order valence-electron chi connectivity index (χ1n) is 9.45. The lowest BCUT2D eigenvalue weighted by Crippen LogP contribution is -2.10. The number of carboxylic acid groups (broad SMARTS) is 1. The molecule has 31 heavy (non-hydrogen) atoms. The summed E-state index contributed by atoms with van der Waals surface area (Å²) in [5, 5.41) is 9.61. The van der Waals surface area contributed by atoms with Crippen LogP contribution in [0.3, 0.4) is 0 Å². The number of fused-ring (bicyclic) bond motifs is 1. The predicted molar refractivity (Wildman–Crippen MR) is 118 cm³/mol. The van der Waals surface area contributed by atoms with Gasteiger partial charge in [-0.05, 0) is 48.4 Å². The highest BCUT2D eigenvalue weighted by atomic mass is 16.4. The second-order valence-corrected chi connectivity index (χ2v) is 6.89. The van der Waals surface area contributed by atoms with Crippen molar-refractivity contribution in [1.82, 2.24) is 9.55 Å². The minimum Gasteiger partial charge on any atom is -0.478 e. The lowest BCUT2D eigenvalue weighted by Gasteiger charge is -2.03. The molecule has 2 heterocycles. The monoisotopic (exact) mass is 415 g/mol. The molecule has 7 nitrogen and oxygen atoms in total. The Labute approximate surface area is 178 Å². The van der Waals surface area contributed by atoms with E-state index in [0.29, 0.717) is 22.0 Å². The van der Waals surface area contributed by atoms with Crippen LogP contribution in [0.2, 0.25) is 0 Å². The Morgan fingerprint density at radius 1 is 0.968 bits per heavy atom. The van der Waals surface area contributed by atoms with Crippen molar-refractivity contribution in [3.8, 4) is 11.1 Å². The van der Waals surface area contributed by atoms with E-state index in [0.717, 1.165) is 16.8 Å². The van der Waals surface area contributed by atoms with Gasteiger partial charge in [0.25, 0.3) is 5.91 Å². The molecular formula is C24H21N3O4. The highest BCUT2D eigenvalue weighted by Crippen LogP contribution is 2.21. The van der Waals surface area contributed by atoms with Crippen LogP contribution in [-0.4, -0.2) is 32.4 Å². The van der Waals surface area contributed by atoms with Crippen LogP contribution in [0.5, 0.6) is 0 Å². The number of pyridine rings is 1. The van der Waals surface area contributed by atoms with E-state index in [-0.39, 0.29) is 5.91 Å². The maximum absolute atomic E-state index is 11.3. The number of benzene rings is 2. The van der Waals surface area contributed by atoms with Crippen molar-refractivity contribution in [1.29, 1.82) is 0 Å². The number of rotatable bonds is 3. The fourth-order valence-corrected chi connectivity index (χ4v) is 3.19. The van der Waals surface area contributed by atoms with Gasteiger partial charge in [0.1, 0.15) is 0 Å². The standard InChI is InChI=1S/C13H11NO2.C11H10N2O2/c1-9-7-11(5-6-14-9)10-3-2-4-12(8-10)13(15)16;1-7(14)13-6-9(11(12)15)8-4-2-3-5-10(8)13/h2-8H,1H3,(H,15,16);2-6H,1H3,(H2,12,15). The summed E-state index contributed by atoms with van der Waals surface area (Å²) in [7, 11) is 0. The molecule has 0 aliphatic carbocycles. The highest BCUT2D eigenvalue weighted by Gasteiger charge is 2.13. The molecule has 4 rings (SSSR count). The minimum atomic E-state index is -0.910. The molecule has 0 radical (unpaired) electrons. The molecule has 156 valence electrons. The van der Waals surface area contributed by atoms with Crippen LogP contribution in [-0.2, 0) is 0 Å². The lowest BCUT2D eigenvalue weighted by atomic mass is 10.0. The fourth-order valence-electron chi connectivity index (χ4n) is 3.19. The maximum Gasteiger partial charge on any atom is 0.335 e. The number of aromatic carboxylic acids is 1. The molecule has 0 atom stereocenters. The smallest absolute Gasteiger partial charge is 0.335 e. The van der Waals surface area contributed by atoms with Gasteiger partial charge < -0.3 is 10.8 Å². The first-order chi connectivity index (χ1) is 14.8. The fraction of sp³-hybridized carbons (Fsp3) is 0.0833. The molecule has 3 N–H and O–H groups in total. The molecule has 4 aromatic rings. The Kier molecular flexibility index (Phi) is 6.26. The first kappa shape index (κ1) is 21.4. The summed E-state index contributed by atoms with van der Waals surface area (Å²) in [5.74, 6) is -1.57. The number of aromatic nitrogens is 2. The molecule has 0 aliphatic rings. The van der Waals surface area contributed by atoms with E-state index in [9.17, 15) is 14.4 Å². The van der Waals surface area contributed by atoms with Gasteiger partial charge in [-0.15, -0.1) is 0 Å². The van der Waals surface area contributed by atoms with Gasteiger partial charge >= 0.3 is 5.97 Å². The quantitative estimate of drug-likeness (QED) is 0.521. The number of nitrogens with zero attached hydrogens (tertiary/aromatic N) is 2. The predicted octanol–water partition coefficient (Wildman–Crippen LogP) is 4.16. The maximum atomic E-state index is 11.3. The van der Waals surface area contributed by atoms with Crippen LogP contribution in [0.25, 0.3) is 22.0 Å². The third kappa shape index (κ3) is 4.84. The zero-order valence-corrected chi connectivity index (χ0v) is 17.1. The molecule has 1 amide bonds. The third-order valence-corrected chi connectivity index (χ3v) is 4.66. The zero-order chi connectivity index (χ0) is 22.5. The molecule has 0 saturated carbocycles. The van der Waals surface area contributed by atoms with Gasteiger partial charge in [-0.3, -0.25) is 19.1 Å². The Hall–Kier alpha value is -4.26.